The maximum Gasteiger partial charge on any atom is 0.383 e. The maximum atomic E-state index is 11.2. The van der Waals surface area contributed by atoms with Gasteiger partial charge in [-0.1, -0.05) is 18.8 Å². The molecule has 2 aromatic rings. The van der Waals surface area contributed by atoms with E-state index in [1.54, 1.807) is 0 Å². The van der Waals surface area contributed by atoms with Crippen LogP contribution in [0.3, 0.4) is 0 Å². The highest BCUT2D eigenvalue weighted by Crippen LogP contribution is 2.49. The minimum Gasteiger partial charge on any atom is -0.387 e. The number of nitrogens with two attached hydrogens (primary N) is 1. The Morgan fingerprint density at radius 2 is 2.27 bits per heavy atom. The summed E-state index contributed by atoms with van der Waals surface area (Å²) in [6.45, 7) is 0.663. The average Bonchev–Trinajstić information content (AvgIpc) is 3.07. The van der Waals surface area contributed by atoms with Crippen molar-refractivity contribution in [1.82, 2.24) is 19.5 Å². The van der Waals surface area contributed by atoms with Crippen molar-refractivity contribution in [1.29, 1.82) is 0 Å². The molecule has 0 radical (unpaired) electrons. The van der Waals surface area contributed by atoms with Crippen molar-refractivity contribution < 1.29 is 28.9 Å². The Balaban J connectivity index is 2.02. The van der Waals surface area contributed by atoms with Gasteiger partial charge in [-0.25, -0.2) is 19.5 Å². The number of hydrogen-bond donors (Lipinski definition) is 5. The zero-order valence-corrected chi connectivity index (χ0v) is 15.4. The fraction of sp³-hybridized carbons (Fsp3) is 0.462. The highest BCUT2D eigenvalue weighted by atomic mass is 32.7. The van der Waals surface area contributed by atoms with Gasteiger partial charge in [0.25, 0.3) is 0 Å². The lowest BCUT2D eigenvalue weighted by Gasteiger charge is -2.32. The zero-order chi connectivity index (χ0) is 19.3. The van der Waals surface area contributed by atoms with Gasteiger partial charge >= 0.3 is 6.80 Å². The Labute approximate surface area is 153 Å². The summed E-state index contributed by atoms with van der Waals surface area (Å²) in [7, 11) is 0. The third-order valence-corrected chi connectivity index (χ3v) is 5.05. The van der Waals surface area contributed by atoms with E-state index in [9.17, 15) is 14.8 Å². The highest BCUT2D eigenvalue weighted by molar-refractivity contribution is 8.44. The minimum atomic E-state index is -4.09. The van der Waals surface area contributed by atoms with E-state index in [-0.39, 0.29) is 17.0 Å². The van der Waals surface area contributed by atoms with E-state index in [1.807, 2.05) is 0 Å². The van der Waals surface area contributed by atoms with Crippen LogP contribution >= 0.6 is 19.0 Å². The second-order valence-corrected chi connectivity index (χ2v) is 8.70. The summed E-state index contributed by atoms with van der Waals surface area (Å²) in [5.74, 6) is 0.141. The number of aliphatic hydroxyl groups excluding tert-OH is 1. The lowest BCUT2D eigenvalue weighted by Crippen LogP contribution is -2.47. The first-order valence-corrected chi connectivity index (χ1v) is 10.1. The van der Waals surface area contributed by atoms with Gasteiger partial charge < -0.3 is 25.6 Å². The Morgan fingerprint density at radius 3 is 2.88 bits per heavy atom. The topological polar surface area (TPSA) is 166 Å². The first kappa shape index (κ1) is 19.2. The average molecular weight is 403 g/mol. The third-order valence-electron chi connectivity index (χ3n) is 4.21. The van der Waals surface area contributed by atoms with Gasteiger partial charge in [-0.2, -0.15) is 0 Å². The molecule has 1 aliphatic heterocycles. The standard InChI is InChI=1S/C13H18N5O6PS/c1-6(2)13(20)9(19)7(3-23-25(21,22)26)24-12(13)18-5-17-8-10(14)15-4-16-11(8)18/h4-5,7,9,12,19-20H,1,3H2,2H3,(H2,14,15,16)(H2,21,22,26)/t7-,9-,12-,13-/m1/s1. The van der Waals surface area contributed by atoms with Gasteiger partial charge in [0.2, 0.25) is 0 Å². The molecule has 2 aromatic heterocycles. The molecule has 0 spiro atoms. The van der Waals surface area contributed by atoms with Gasteiger partial charge in [-0.3, -0.25) is 9.09 Å². The zero-order valence-electron chi connectivity index (χ0n) is 13.6. The van der Waals surface area contributed by atoms with Crippen LogP contribution in [0.2, 0.25) is 0 Å². The van der Waals surface area contributed by atoms with Gasteiger partial charge in [-0.15, -0.1) is 0 Å². The fourth-order valence-electron chi connectivity index (χ4n) is 2.86. The maximum absolute atomic E-state index is 11.2. The van der Waals surface area contributed by atoms with E-state index >= 15 is 0 Å². The molecule has 0 bridgehead atoms. The number of thiol groups is 1. The summed E-state index contributed by atoms with van der Waals surface area (Å²) in [6.07, 6.45) is -1.25. The number of rotatable bonds is 5. The normalized spacial score (nSPS) is 31.2. The summed E-state index contributed by atoms with van der Waals surface area (Å²) in [5.41, 5.74) is 4.61. The Bertz CT molecular complexity index is 902. The van der Waals surface area contributed by atoms with E-state index in [0.717, 1.165) is 0 Å². The smallest absolute Gasteiger partial charge is 0.383 e. The highest BCUT2D eigenvalue weighted by Gasteiger charge is 2.57. The quantitative estimate of drug-likeness (QED) is 0.261. The molecule has 13 heteroatoms. The second kappa shape index (κ2) is 6.57. The predicted molar refractivity (Wildman–Crippen MR) is 94.2 cm³/mol. The molecule has 1 aliphatic rings. The van der Waals surface area contributed by atoms with E-state index in [2.05, 4.69) is 33.8 Å². The number of imidazole rings is 1. The van der Waals surface area contributed by atoms with Gasteiger partial charge in [0.05, 0.1) is 12.9 Å². The Morgan fingerprint density at radius 1 is 1.58 bits per heavy atom. The molecular formula is C13H18N5O6PS. The third kappa shape index (κ3) is 3.14. The SMILES string of the molecule is C=C(C)[C@@]1(O)[C@H](O)[C@@H](COP(=O)(O)S)O[C@H]1n1cnc2c(N)ncnc21. The van der Waals surface area contributed by atoms with Crippen LogP contribution in [0, 0.1) is 0 Å². The van der Waals surface area contributed by atoms with Crippen molar-refractivity contribution in [3.8, 4) is 0 Å². The molecule has 26 heavy (non-hydrogen) atoms. The van der Waals surface area contributed by atoms with E-state index in [1.165, 1.54) is 24.1 Å². The van der Waals surface area contributed by atoms with Crippen LogP contribution in [-0.2, 0) is 13.8 Å². The molecule has 3 rings (SSSR count). The number of nitrogen functional groups attached to an aromatic ring is 1. The fourth-order valence-corrected chi connectivity index (χ4v) is 3.40. The predicted octanol–water partition coefficient (Wildman–Crippen LogP) is 0.0208. The molecule has 0 amide bonds. The molecule has 1 saturated heterocycles. The second-order valence-electron chi connectivity index (χ2n) is 5.95. The van der Waals surface area contributed by atoms with Crippen LogP contribution in [0.25, 0.3) is 11.2 Å². The molecule has 0 saturated carbocycles. The Hall–Kier alpha value is -1.53. The number of hydrogen-bond acceptors (Lipinski definition) is 9. The number of aliphatic hydroxyl groups is 2. The van der Waals surface area contributed by atoms with E-state index < -0.39 is 37.4 Å². The number of ether oxygens (including phenoxy) is 1. The van der Waals surface area contributed by atoms with Crippen molar-refractivity contribution in [2.24, 2.45) is 0 Å². The molecule has 0 aliphatic carbocycles. The van der Waals surface area contributed by atoms with Crippen molar-refractivity contribution in [2.45, 2.75) is 31.0 Å². The number of fused-ring (bicyclic) bond motifs is 1. The molecule has 3 heterocycles. The molecule has 5 atom stereocenters. The monoisotopic (exact) mass is 403 g/mol. The lowest BCUT2D eigenvalue weighted by molar-refractivity contribution is -0.0828. The van der Waals surface area contributed by atoms with E-state index in [4.69, 9.17) is 19.9 Å². The first-order valence-electron chi connectivity index (χ1n) is 7.40. The van der Waals surface area contributed by atoms with Crippen molar-refractivity contribution in [3.63, 3.8) is 0 Å². The molecule has 5 N–H and O–H groups in total. The Kier molecular flexibility index (Phi) is 4.86. The van der Waals surface area contributed by atoms with Crippen molar-refractivity contribution >= 4 is 36.0 Å². The number of aromatic nitrogens is 4. The van der Waals surface area contributed by atoms with Crippen LogP contribution in [0.5, 0.6) is 0 Å². The molecule has 11 nitrogen and oxygen atoms in total. The molecule has 0 aromatic carbocycles. The van der Waals surface area contributed by atoms with Gasteiger partial charge in [0, 0.05) is 0 Å². The lowest BCUT2D eigenvalue weighted by atomic mass is 9.87. The number of nitrogens with zero attached hydrogens (tertiary/aromatic N) is 4. The molecule has 1 fully saturated rings. The summed E-state index contributed by atoms with van der Waals surface area (Å²) >= 11 is 3.41. The molecule has 1 unspecified atom stereocenters. The molecular weight excluding hydrogens is 385 g/mol. The van der Waals surface area contributed by atoms with Crippen LogP contribution in [0.15, 0.2) is 24.8 Å². The van der Waals surface area contributed by atoms with Crippen LogP contribution in [0.4, 0.5) is 5.82 Å². The molecule has 142 valence electrons. The minimum absolute atomic E-state index is 0.141. The van der Waals surface area contributed by atoms with Crippen LogP contribution < -0.4 is 5.73 Å². The summed E-state index contributed by atoms with van der Waals surface area (Å²) < 4.78 is 23.0. The van der Waals surface area contributed by atoms with Gasteiger partial charge in [0.1, 0.15) is 24.1 Å². The van der Waals surface area contributed by atoms with Crippen LogP contribution in [0.1, 0.15) is 13.2 Å². The van der Waals surface area contributed by atoms with Crippen molar-refractivity contribution in [2.75, 3.05) is 12.3 Å². The summed E-state index contributed by atoms with van der Waals surface area (Å²) in [4.78, 5) is 21.2. The van der Waals surface area contributed by atoms with Gasteiger partial charge in [0.15, 0.2) is 23.3 Å². The number of anilines is 1. The van der Waals surface area contributed by atoms with Crippen LogP contribution in [-0.4, -0.2) is 59.0 Å². The van der Waals surface area contributed by atoms with Gasteiger partial charge in [-0.05, 0) is 12.5 Å². The summed E-state index contributed by atoms with van der Waals surface area (Å²) in [5, 5.41) is 21.7. The summed E-state index contributed by atoms with van der Waals surface area (Å²) in [6, 6.07) is 0. The largest absolute Gasteiger partial charge is 0.387 e. The van der Waals surface area contributed by atoms with E-state index in [0.29, 0.717) is 5.52 Å². The van der Waals surface area contributed by atoms with Crippen molar-refractivity contribution in [3.05, 3.63) is 24.8 Å². The first-order chi connectivity index (χ1) is 12.1.